The van der Waals surface area contributed by atoms with Gasteiger partial charge >= 0.3 is 5.97 Å². The maximum Gasteiger partial charge on any atom is 0.305 e. The van der Waals surface area contributed by atoms with Gasteiger partial charge in [-0.15, -0.1) is 0 Å². The molecule has 0 aromatic carbocycles. The van der Waals surface area contributed by atoms with Crippen LogP contribution in [0.5, 0.6) is 0 Å². The van der Waals surface area contributed by atoms with Crippen molar-refractivity contribution in [3.8, 4) is 0 Å². The predicted octanol–water partition coefficient (Wildman–Crippen LogP) is 24.0. The summed E-state index contributed by atoms with van der Waals surface area (Å²) in [6, 6.07) is 0. The van der Waals surface area contributed by atoms with Crippen LogP contribution in [0.3, 0.4) is 0 Å². The maximum atomic E-state index is 12.1. The molecule has 0 heterocycles. The fraction of sp³-hybridized carbons (Fsp3) is 0.984. The summed E-state index contributed by atoms with van der Waals surface area (Å²) in [5.74, 6) is 0.0372. The SMILES string of the molecule is CCCCCCCCCCCCCCCCCCCCCCCCCCCCCCCCCCCCCC(=O)OCCCCCCCCCCCCCCCCCCCCCCCCCC. The lowest BCUT2D eigenvalue weighted by molar-refractivity contribution is -0.143. The van der Waals surface area contributed by atoms with Crippen LogP contribution in [-0.4, -0.2) is 12.6 Å². The summed E-state index contributed by atoms with van der Waals surface area (Å²) in [5.41, 5.74) is 0. The molecule has 2 nitrogen and oxygen atoms in total. The molecule has 0 saturated carbocycles. The second-order valence-electron chi connectivity index (χ2n) is 22.1. The zero-order chi connectivity index (χ0) is 47.4. The largest absolute Gasteiger partial charge is 0.466 e. The normalized spacial score (nSPS) is 11.6. The minimum atomic E-state index is 0.0372. The van der Waals surface area contributed by atoms with Crippen molar-refractivity contribution in [3.63, 3.8) is 0 Å². The molecule has 0 aromatic heterocycles. The monoisotopic (exact) mass is 929 g/mol. The lowest BCUT2D eigenvalue weighted by atomic mass is 10.0. The molecule has 0 bridgehead atoms. The van der Waals surface area contributed by atoms with Crippen molar-refractivity contribution in [2.45, 2.75) is 399 Å². The average Bonchev–Trinajstić information content (AvgIpc) is 3.32. The summed E-state index contributed by atoms with van der Waals surface area (Å²) in [7, 11) is 0. The van der Waals surface area contributed by atoms with Crippen LogP contribution in [0.25, 0.3) is 0 Å². The Balaban J connectivity index is 3.14. The average molecular weight is 930 g/mol. The molecule has 0 rings (SSSR count). The number of carbonyl (C=O) groups is 1. The van der Waals surface area contributed by atoms with Gasteiger partial charge in [0.15, 0.2) is 0 Å². The zero-order valence-electron chi connectivity index (χ0n) is 46.5. The van der Waals surface area contributed by atoms with E-state index in [0.29, 0.717) is 13.0 Å². The molecule has 0 aliphatic rings. The van der Waals surface area contributed by atoms with Crippen molar-refractivity contribution in [3.05, 3.63) is 0 Å². The van der Waals surface area contributed by atoms with E-state index >= 15 is 0 Å². The van der Waals surface area contributed by atoms with E-state index in [4.69, 9.17) is 4.74 Å². The Morgan fingerprint density at radius 3 is 0.500 bits per heavy atom. The van der Waals surface area contributed by atoms with E-state index in [0.717, 1.165) is 12.8 Å². The van der Waals surface area contributed by atoms with Crippen LogP contribution >= 0.6 is 0 Å². The number of ether oxygens (including phenoxy) is 1. The number of carbonyl (C=O) groups excluding carboxylic acids is 1. The second kappa shape index (κ2) is 62.5. The van der Waals surface area contributed by atoms with Crippen LogP contribution < -0.4 is 0 Å². The minimum Gasteiger partial charge on any atom is -0.466 e. The Labute approximate surface area is 419 Å². The molecule has 0 spiro atoms. The molecular formula is C64H128O2. The van der Waals surface area contributed by atoms with E-state index < -0.39 is 0 Å². The quantitative estimate of drug-likeness (QED) is 0.0449. The first-order valence-electron chi connectivity index (χ1n) is 32.0. The fourth-order valence-corrected chi connectivity index (χ4v) is 10.5. The Morgan fingerprint density at radius 1 is 0.197 bits per heavy atom. The second-order valence-corrected chi connectivity index (χ2v) is 22.1. The van der Waals surface area contributed by atoms with Crippen LogP contribution in [0, 0.1) is 0 Å². The van der Waals surface area contributed by atoms with Gasteiger partial charge in [-0.1, -0.05) is 380 Å². The summed E-state index contributed by atoms with van der Waals surface area (Å²) in [5, 5.41) is 0. The van der Waals surface area contributed by atoms with Gasteiger partial charge in [0.2, 0.25) is 0 Å². The Morgan fingerprint density at radius 2 is 0.333 bits per heavy atom. The van der Waals surface area contributed by atoms with Crippen molar-refractivity contribution < 1.29 is 9.53 Å². The van der Waals surface area contributed by atoms with E-state index in [-0.39, 0.29) is 5.97 Å². The van der Waals surface area contributed by atoms with Crippen molar-refractivity contribution in [1.82, 2.24) is 0 Å². The molecule has 396 valence electrons. The smallest absolute Gasteiger partial charge is 0.305 e. The van der Waals surface area contributed by atoms with Crippen molar-refractivity contribution >= 4 is 5.97 Å². The Kier molecular flexibility index (Phi) is 62.0. The summed E-state index contributed by atoms with van der Waals surface area (Å²) in [4.78, 5) is 12.1. The van der Waals surface area contributed by atoms with Gasteiger partial charge in [0.05, 0.1) is 6.61 Å². The Hall–Kier alpha value is -0.530. The van der Waals surface area contributed by atoms with Crippen LogP contribution in [0.4, 0.5) is 0 Å². The molecule has 0 aliphatic heterocycles. The molecule has 0 unspecified atom stereocenters. The molecule has 0 radical (unpaired) electrons. The van der Waals surface area contributed by atoms with Gasteiger partial charge < -0.3 is 4.74 Å². The van der Waals surface area contributed by atoms with E-state index in [2.05, 4.69) is 13.8 Å². The van der Waals surface area contributed by atoms with Gasteiger partial charge in [-0.05, 0) is 12.8 Å². The third-order valence-corrected chi connectivity index (χ3v) is 15.2. The molecule has 66 heavy (non-hydrogen) atoms. The lowest BCUT2D eigenvalue weighted by Crippen LogP contribution is -2.05. The molecule has 0 aromatic rings. The van der Waals surface area contributed by atoms with Crippen molar-refractivity contribution in [1.29, 1.82) is 0 Å². The highest BCUT2D eigenvalue weighted by Crippen LogP contribution is 2.19. The summed E-state index contributed by atoms with van der Waals surface area (Å²) in [6.45, 7) is 5.25. The number of rotatable bonds is 61. The predicted molar refractivity (Wildman–Crippen MR) is 299 cm³/mol. The van der Waals surface area contributed by atoms with E-state index in [1.165, 1.54) is 366 Å². The number of hydrogen-bond donors (Lipinski definition) is 0. The molecule has 0 N–H and O–H groups in total. The van der Waals surface area contributed by atoms with Crippen molar-refractivity contribution in [2.75, 3.05) is 6.61 Å². The van der Waals surface area contributed by atoms with E-state index in [1.807, 2.05) is 0 Å². The first-order valence-corrected chi connectivity index (χ1v) is 32.0. The van der Waals surface area contributed by atoms with E-state index in [1.54, 1.807) is 0 Å². The molecule has 0 aliphatic carbocycles. The maximum absolute atomic E-state index is 12.1. The zero-order valence-corrected chi connectivity index (χ0v) is 46.5. The van der Waals surface area contributed by atoms with Gasteiger partial charge in [-0.3, -0.25) is 4.79 Å². The highest BCUT2D eigenvalue weighted by molar-refractivity contribution is 5.69. The number of unbranched alkanes of at least 4 members (excludes halogenated alkanes) is 57. The highest BCUT2D eigenvalue weighted by atomic mass is 16.5. The summed E-state index contributed by atoms with van der Waals surface area (Å²) >= 11 is 0. The molecule has 0 saturated heterocycles. The first-order chi connectivity index (χ1) is 32.8. The number of esters is 1. The van der Waals surface area contributed by atoms with Crippen LogP contribution in [0.1, 0.15) is 399 Å². The van der Waals surface area contributed by atoms with Crippen LogP contribution in [-0.2, 0) is 9.53 Å². The van der Waals surface area contributed by atoms with Crippen molar-refractivity contribution in [2.24, 2.45) is 0 Å². The molecule has 0 fully saturated rings. The lowest BCUT2D eigenvalue weighted by Gasteiger charge is -2.06. The topological polar surface area (TPSA) is 26.3 Å². The first kappa shape index (κ1) is 65.5. The van der Waals surface area contributed by atoms with Gasteiger partial charge in [0.25, 0.3) is 0 Å². The summed E-state index contributed by atoms with van der Waals surface area (Å²) in [6.07, 6.45) is 84.7. The third-order valence-electron chi connectivity index (χ3n) is 15.2. The van der Waals surface area contributed by atoms with Gasteiger partial charge in [-0.2, -0.15) is 0 Å². The Bertz CT molecular complexity index is 837. The van der Waals surface area contributed by atoms with Gasteiger partial charge in [0.1, 0.15) is 0 Å². The standard InChI is InChI=1S/C64H128O2/c1-3-5-7-9-11-13-15-17-19-21-23-25-27-29-30-31-32-33-34-35-36-37-38-39-40-42-44-46-48-50-52-54-56-58-60-62-64(65)66-63-61-59-57-55-53-51-49-47-45-43-41-28-26-24-22-20-18-16-14-12-10-8-6-4-2/h3-63H2,1-2H3. The molecule has 2 heteroatoms. The molecular weight excluding hydrogens is 801 g/mol. The summed E-state index contributed by atoms with van der Waals surface area (Å²) < 4.78 is 5.52. The van der Waals surface area contributed by atoms with E-state index in [9.17, 15) is 4.79 Å². The molecule has 0 amide bonds. The van der Waals surface area contributed by atoms with Gasteiger partial charge in [0, 0.05) is 6.42 Å². The number of hydrogen-bond acceptors (Lipinski definition) is 2. The van der Waals surface area contributed by atoms with Crippen LogP contribution in [0.2, 0.25) is 0 Å². The minimum absolute atomic E-state index is 0.0372. The van der Waals surface area contributed by atoms with Gasteiger partial charge in [-0.25, -0.2) is 0 Å². The highest BCUT2D eigenvalue weighted by Gasteiger charge is 2.04. The fourth-order valence-electron chi connectivity index (χ4n) is 10.5. The van der Waals surface area contributed by atoms with Crippen LogP contribution in [0.15, 0.2) is 0 Å². The third kappa shape index (κ3) is 61.5. The molecule has 0 atom stereocenters.